The first-order chi connectivity index (χ1) is 16.4. The summed E-state index contributed by atoms with van der Waals surface area (Å²) < 4.78 is 49.1. The number of aryl methyl sites for hydroxylation is 1. The number of carboxylic acid groups (broad SMARTS) is 1. The maximum Gasteiger partial charge on any atom is 0.490 e. The Labute approximate surface area is 204 Å². The van der Waals surface area contributed by atoms with Gasteiger partial charge in [0, 0.05) is 33.7 Å². The maximum absolute atomic E-state index is 14.0. The maximum atomic E-state index is 14.0. The van der Waals surface area contributed by atoms with Gasteiger partial charge in [0.05, 0.1) is 11.2 Å². The highest BCUT2D eigenvalue weighted by atomic mass is 35.5. The third kappa shape index (κ3) is 6.02. The molecule has 186 valence electrons. The predicted octanol–water partition coefficient (Wildman–Crippen LogP) is 4.61. The van der Waals surface area contributed by atoms with Crippen LogP contribution in [0.1, 0.15) is 6.42 Å². The fraction of sp³-hybridized carbons (Fsp3) is 0.190. The number of carboxylic acids is 1. The number of H-pyrrole nitrogens is 1. The molecule has 0 radical (unpaired) electrons. The fourth-order valence-electron chi connectivity index (χ4n) is 3.27. The van der Waals surface area contributed by atoms with Crippen molar-refractivity contribution in [2.24, 2.45) is 5.73 Å². The molecule has 0 aliphatic heterocycles. The molecule has 4 N–H and O–H groups in total. The molecule has 2 aromatic heterocycles. The summed E-state index contributed by atoms with van der Waals surface area (Å²) in [5.41, 5.74) is 7.05. The number of nitrogens with zero attached hydrogens (tertiary/aromatic N) is 3. The van der Waals surface area contributed by atoms with Gasteiger partial charge >= 0.3 is 17.8 Å². The number of aromatic amines is 1. The highest BCUT2D eigenvalue weighted by molar-refractivity contribution is 6.35. The van der Waals surface area contributed by atoms with Crippen LogP contribution in [0, 0.1) is 5.82 Å². The van der Waals surface area contributed by atoms with Crippen LogP contribution < -0.4 is 11.4 Å². The van der Waals surface area contributed by atoms with E-state index in [1.807, 2.05) is 4.57 Å². The molecule has 0 amide bonds. The number of benzene rings is 2. The Morgan fingerprint density at radius 1 is 1.14 bits per heavy atom. The van der Waals surface area contributed by atoms with Crippen LogP contribution in [0.4, 0.5) is 17.6 Å². The van der Waals surface area contributed by atoms with Gasteiger partial charge in [0.1, 0.15) is 5.82 Å². The van der Waals surface area contributed by atoms with Crippen molar-refractivity contribution in [2.45, 2.75) is 19.1 Å². The van der Waals surface area contributed by atoms with Crippen molar-refractivity contribution >= 4 is 40.1 Å². The number of nitrogens with one attached hydrogen (secondary N) is 1. The minimum atomic E-state index is -5.08. The molecule has 0 saturated heterocycles. The van der Waals surface area contributed by atoms with Crippen molar-refractivity contribution in [2.75, 3.05) is 6.54 Å². The molecule has 0 atom stereocenters. The first kappa shape index (κ1) is 26.3. The van der Waals surface area contributed by atoms with Crippen molar-refractivity contribution in [3.8, 4) is 17.1 Å². The number of aromatic nitrogens is 4. The summed E-state index contributed by atoms with van der Waals surface area (Å²) >= 11 is 12.2. The molecule has 14 heteroatoms. The van der Waals surface area contributed by atoms with Gasteiger partial charge in [-0.3, -0.25) is 0 Å². The van der Waals surface area contributed by atoms with Gasteiger partial charge in [0.2, 0.25) is 0 Å². The smallest absolute Gasteiger partial charge is 0.475 e. The molecule has 0 unspecified atom stereocenters. The zero-order valence-corrected chi connectivity index (χ0v) is 19.1. The number of nitrogens with two attached hydrogens (primary N) is 1. The van der Waals surface area contributed by atoms with Crippen molar-refractivity contribution in [1.82, 2.24) is 19.3 Å². The predicted molar refractivity (Wildman–Crippen MR) is 122 cm³/mol. The van der Waals surface area contributed by atoms with Crippen molar-refractivity contribution < 1.29 is 27.5 Å². The number of alkyl halides is 3. The molecule has 0 saturated carbocycles. The molecule has 4 aromatic rings. The van der Waals surface area contributed by atoms with E-state index in [9.17, 15) is 22.4 Å². The minimum absolute atomic E-state index is 0.330. The quantitative estimate of drug-likeness (QED) is 0.323. The van der Waals surface area contributed by atoms with E-state index in [0.717, 1.165) is 11.9 Å². The Morgan fingerprint density at radius 2 is 1.77 bits per heavy atom. The summed E-state index contributed by atoms with van der Waals surface area (Å²) in [5.74, 6) is -2.82. The monoisotopic (exact) mass is 533 g/mol. The lowest BCUT2D eigenvalue weighted by Gasteiger charge is -2.06. The molecule has 8 nitrogen and oxygen atoms in total. The van der Waals surface area contributed by atoms with Gasteiger partial charge in [0.15, 0.2) is 5.82 Å². The average molecular weight is 534 g/mol. The van der Waals surface area contributed by atoms with Gasteiger partial charge in [-0.25, -0.2) is 23.6 Å². The third-order valence-electron chi connectivity index (χ3n) is 4.70. The van der Waals surface area contributed by atoms with Gasteiger partial charge < -0.3 is 15.4 Å². The number of halogens is 6. The second-order valence-corrected chi connectivity index (χ2v) is 8.03. The SMILES string of the molecule is NCCCn1cc(-n2c(-c3cc(Cl)cc(Cl)c3)n[nH]c2=O)c2cc(F)ccc21.O=C(O)C(F)(F)F. The van der Waals surface area contributed by atoms with E-state index >= 15 is 0 Å². The van der Waals surface area contributed by atoms with Crippen LogP contribution in [-0.4, -0.2) is 43.1 Å². The van der Waals surface area contributed by atoms with Crippen LogP contribution in [0.25, 0.3) is 28.0 Å². The molecule has 35 heavy (non-hydrogen) atoms. The molecular formula is C21H17Cl2F4N5O3. The number of rotatable bonds is 5. The normalized spacial score (nSPS) is 11.4. The molecule has 2 aromatic carbocycles. The second-order valence-electron chi connectivity index (χ2n) is 7.16. The van der Waals surface area contributed by atoms with Crippen LogP contribution in [0.5, 0.6) is 0 Å². The Kier molecular flexibility index (Phi) is 7.88. The summed E-state index contributed by atoms with van der Waals surface area (Å²) in [4.78, 5) is 21.5. The highest BCUT2D eigenvalue weighted by Crippen LogP contribution is 2.30. The Morgan fingerprint density at radius 3 is 2.34 bits per heavy atom. The number of hydrogen-bond acceptors (Lipinski definition) is 4. The first-order valence-corrected chi connectivity index (χ1v) is 10.6. The molecule has 0 aliphatic rings. The van der Waals surface area contributed by atoms with Crippen molar-refractivity contribution in [1.29, 1.82) is 0 Å². The van der Waals surface area contributed by atoms with E-state index in [2.05, 4.69) is 10.2 Å². The Balaban J connectivity index is 0.000000429. The Bertz CT molecular complexity index is 1410. The van der Waals surface area contributed by atoms with E-state index in [4.69, 9.17) is 38.8 Å². The number of carbonyl (C=O) groups is 1. The third-order valence-corrected chi connectivity index (χ3v) is 5.14. The fourth-order valence-corrected chi connectivity index (χ4v) is 3.80. The zero-order valence-electron chi connectivity index (χ0n) is 17.6. The minimum Gasteiger partial charge on any atom is -0.475 e. The van der Waals surface area contributed by atoms with Crippen LogP contribution in [0.2, 0.25) is 10.0 Å². The van der Waals surface area contributed by atoms with Crippen molar-refractivity contribution in [3.63, 3.8) is 0 Å². The number of fused-ring (bicyclic) bond motifs is 1. The average Bonchev–Trinajstić information content (AvgIpc) is 3.31. The molecule has 0 fully saturated rings. The number of hydrogen-bond donors (Lipinski definition) is 3. The van der Waals surface area contributed by atoms with E-state index in [-0.39, 0.29) is 0 Å². The molecule has 0 aliphatic carbocycles. The summed E-state index contributed by atoms with van der Waals surface area (Å²) in [6.07, 6.45) is -2.54. The van der Waals surface area contributed by atoms with Gasteiger partial charge in [-0.1, -0.05) is 23.2 Å². The van der Waals surface area contributed by atoms with Gasteiger partial charge in [0.25, 0.3) is 0 Å². The van der Waals surface area contributed by atoms with Crippen LogP contribution in [0.15, 0.2) is 47.4 Å². The molecular weight excluding hydrogens is 517 g/mol. The molecule has 2 heterocycles. The molecule has 0 bridgehead atoms. The Hall–Kier alpha value is -3.35. The van der Waals surface area contributed by atoms with Crippen LogP contribution in [0.3, 0.4) is 0 Å². The molecule has 4 rings (SSSR count). The lowest BCUT2D eigenvalue weighted by atomic mass is 10.2. The largest absolute Gasteiger partial charge is 0.490 e. The van der Waals surface area contributed by atoms with Gasteiger partial charge in [-0.2, -0.15) is 18.3 Å². The van der Waals surface area contributed by atoms with Gasteiger partial charge in [-0.15, -0.1) is 0 Å². The van der Waals surface area contributed by atoms with Gasteiger partial charge in [-0.05, 0) is 49.4 Å². The van der Waals surface area contributed by atoms with Crippen LogP contribution in [-0.2, 0) is 11.3 Å². The highest BCUT2D eigenvalue weighted by Gasteiger charge is 2.38. The summed E-state index contributed by atoms with van der Waals surface area (Å²) in [6.45, 7) is 1.16. The summed E-state index contributed by atoms with van der Waals surface area (Å²) in [5, 5.41) is 15.1. The summed E-state index contributed by atoms with van der Waals surface area (Å²) in [6, 6.07) is 9.39. The summed E-state index contributed by atoms with van der Waals surface area (Å²) in [7, 11) is 0. The van der Waals surface area contributed by atoms with Crippen molar-refractivity contribution in [3.05, 3.63) is 68.9 Å². The van der Waals surface area contributed by atoms with E-state index in [0.29, 0.717) is 45.6 Å². The zero-order chi connectivity index (χ0) is 25.9. The standard InChI is InChI=1S/C19H16Cl2FN5O.C2HF3O2/c20-12-6-11(7-13(21)8-12)18-24-25-19(28)27(18)17-10-26(5-1-4-23)16-3-2-14(22)9-15(16)17;3-2(4,5)1(6)7/h2-3,6-10H,1,4-5,23H2,(H,25,28);(H,6,7). The second kappa shape index (κ2) is 10.5. The van der Waals surface area contributed by atoms with E-state index in [1.54, 1.807) is 30.5 Å². The first-order valence-electron chi connectivity index (χ1n) is 9.85. The number of aliphatic carboxylic acids is 1. The lowest BCUT2D eigenvalue weighted by molar-refractivity contribution is -0.192. The lowest BCUT2D eigenvalue weighted by Crippen LogP contribution is -2.21. The topological polar surface area (TPSA) is 119 Å². The van der Waals surface area contributed by atoms with Crippen LogP contribution >= 0.6 is 23.2 Å². The molecule has 0 spiro atoms. The van der Waals surface area contributed by atoms with E-state index in [1.165, 1.54) is 16.7 Å². The van der Waals surface area contributed by atoms with E-state index < -0.39 is 23.7 Å².